The van der Waals surface area contributed by atoms with E-state index in [4.69, 9.17) is 0 Å². The second-order valence-corrected chi connectivity index (χ2v) is 7.88. The first kappa shape index (κ1) is 23.3. The Hall–Kier alpha value is -3.41. The van der Waals surface area contributed by atoms with E-state index < -0.39 is 0 Å². The summed E-state index contributed by atoms with van der Waals surface area (Å²) in [6, 6.07) is 15.0. The highest BCUT2D eigenvalue weighted by molar-refractivity contribution is 6.29. The predicted octanol–water partition coefficient (Wildman–Crippen LogP) is 5.28. The third-order valence-corrected chi connectivity index (χ3v) is 5.52. The van der Waals surface area contributed by atoms with Gasteiger partial charge in [-0.05, 0) is 55.7 Å². The van der Waals surface area contributed by atoms with Crippen LogP contribution in [0.15, 0.2) is 65.4 Å². The molecule has 0 spiro atoms. The van der Waals surface area contributed by atoms with Gasteiger partial charge in [0, 0.05) is 24.0 Å². The van der Waals surface area contributed by atoms with E-state index in [1.54, 1.807) is 30.5 Å². The first-order valence-electron chi connectivity index (χ1n) is 11.4. The molecule has 1 aliphatic rings. The van der Waals surface area contributed by atoms with Gasteiger partial charge in [0.05, 0.1) is 17.0 Å². The summed E-state index contributed by atoms with van der Waals surface area (Å²) >= 11 is 0. The standard InChI is InChI=1S/C26H32N4O2/c1-4-6-7-10-17-27-25(31)21-13-15-22(16-14-21)30-26(32)23(19(3)29-30)18-28-24-12-9-8-11-20(24)5-2/h8-9,11-16,18,28H,4-7,10,17H2,1-3H3,(H,27,31). The summed E-state index contributed by atoms with van der Waals surface area (Å²) in [5, 5.41) is 12.0. The van der Waals surface area contributed by atoms with Gasteiger partial charge in [-0.3, -0.25) is 9.59 Å². The molecule has 6 heteroatoms. The fraction of sp³-hybridized carbons (Fsp3) is 0.346. The monoisotopic (exact) mass is 432 g/mol. The highest BCUT2D eigenvalue weighted by Gasteiger charge is 2.28. The fourth-order valence-electron chi connectivity index (χ4n) is 3.59. The Morgan fingerprint density at radius 2 is 1.78 bits per heavy atom. The van der Waals surface area contributed by atoms with E-state index in [0.29, 0.717) is 29.1 Å². The number of hydrogen-bond donors (Lipinski definition) is 2. The molecule has 2 aromatic carbocycles. The number of hydrogen-bond acceptors (Lipinski definition) is 4. The quantitative estimate of drug-likeness (QED) is 0.396. The zero-order valence-corrected chi connectivity index (χ0v) is 19.1. The molecule has 0 aliphatic carbocycles. The van der Waals surface area contributed by atoms with Crippen molar-refractivity contribution >= 4 is 28.9 Å². The highest BCUT2D eigenvalue weighted by atomic mass is 16.2. The smallest absolute Gasteiger partial charge is 0.282 e. The summed E-state index contributed by atoms with van der Waals surface area (Å²) in [5.74, 6) is -0.294. The molecule has 0 unspecified atom stereocenters. The van der Waals surface area contributed by atoms with Crippen molar-refractivity contribution in [2.75, 3.05) is 16.9 Å². The zero-order valence-electron chi connectivity index (χ0n) is 19.1. The van der Waals surface area contributed by atoms with Crippen molar-refractivity contribution in [3.63, 3.8) is 0 Å². The van der Waals surface area contributed by atoms with Gasteiger partial charge in [0.15, 0.2) is 0 Å². The van der Waals surface area contributed by atoms with Gasteiger partial charge in [-0.1, -0.05) is 51.3 Å². The predicted molar refractivity (Wildman–Crippen MR) is 131 cm³/mol. The molecule has 168 valence electrons. The largest absolute Gasteiger partial charge is 0.361 e. The SMILES string of the molecule is CCCCCCNC(=O)c1ccc(N2N=C(C)C(=CNc3ccccc3CC)C2=O)cc1. The van der Waals surface area contributed by atoms with Crippen LogP contribution < -0.4 is 15.6 Å². The minimum atomic E-state index is -0.197. The van der Waals surface area contributed by atoms with Crippen LogP contribution in [0.5, 0.6) is 0 Å². The van der Waals surface area contributed by atoms with Crippen molar-refractivity contribution in [2.24, 2.45) is 5.10 Å². The van der Waals surface area contributed by atoms with E-state index in [2.05, 4.69) is 35.6 Å². The third-order valence-electron chi connectivity index (χ3n) is 5.52. The number of anilines is 2. The molecule has 32 heavy (non-hydrogen) atoms. The van der Waals surface area contributed by atoms with Crippen molar-refractivity contribution < 1.29 is 9.59 Å². The minimum Gasteiger partial charge on any atom is -0.361 e. The number of aryl methyl sites for hydroxylation is 1. The molecule has 2 amide bonds. The van der Waals surface area contributed by atoms with Crippen molar-refractivity contribution in [1.29, 1.82) is 0 Å². The number of benzene rings is 2. The number of nitrogens with zero attached hydrogens (tertiary/aromatic N) is 2. The van der Waals surface area contributed by atoms with Gasteiger partial charge in [-0.2, -0.15) is 10.1 Å². The number of rotatable bonds is 10. The van der Waals surface area contributed by atoms with Crippen molar-refractivity contribution in [2.45, 2.75) is 52.9 Å². The molecular weight excluding hydrogens is 400 g/mol. The average Bonchev–Trinajstić information content (AvgIpc) is 3.10. The van der Waals surface area contributed by atoms with Crippen molar-refractivity contribution in [1.82, 2.24) is 5.32 Å². The molecule has 0 saturated carbocycles. The molecule has 2 N–H and O–H groups in total. The van der Waals surface area contributed by atoms with E-state index in [1.165, 1.54) is 23.4 Å². The fourth-order valence-corrected chi connectivity index (χ4v) is 3.59. The van der Waals surface area contributed by atoms with E-state index in [-0.39, 0.29) is 11.8 Å². The minimum absolute atomic E-state index is 0.0974. The second kappa shape index (κ2) is 11.3. The number of carbonyl (C=O) groups excluding carboxylic acids is 2. The number of para-hydroxylation sites is 1. The summed E-state index contributed by atoms with van der Waals surface area (Å²) in [4.78, 5) is 25.3. The Morgan fingerprint density at radius 3 is 2.50 bits per heavy atom. The van der Waals surface area contributed by atoms with Crippen LogP contribution in [0.2, 0.25) is 0 Å². The summed E-state index contributed by atoms with van der Waals surface area (Å²) in [7, 11) is 0. The van der Waals surface area contributed by atoms with Crippen LogP contribution in [-0.4, -0.2) is 24.1 Å². The molecule has 0 atom stereocenters. The van der Waals surface area contributed by atoms with E-state index in [9.17, 15) is 9.59 Å². The summed E-state index contributed by atoms with van der Waals surface area (Å²) in [6.45, 7) is 6.76. The second-order valence-electron chi connectivity index (χ2n) is 7.88. The van der Waals surface area contributed by atoms with Crippen LogP contribution in [0, 0.1) is 0 Å². The average molecular weight is 433 g/mol. The van der Waals surface area contributed by atoms with Crippen molar-refractivity contribution in [3.8, 4) is 0 Å². The molecule has 1 heterocycles. The van der Waals surface area contributed by atoms with Gasteiger partial charge >= 0.3 is 0 Å². The van der Waals surface area contributed by atoms with Gasteiger partial charge in [-0.25, -0.2) is 0 Å². The molecule has 2 aromatic rings. The normalized spacial score (nSPS) is 14.6. The van der Waals surface area contributed by atoms with E-state index in [0.717, 1.165) is 24.9 Å². The maximum absolute atomic E-state index is 13.0. The first-order chi connectivity index (χ1) is 15.5. The third kappa shape index (κ3) is 5.63. The van der Waals surface area contributed by atoms with E-state index in [1.807, 2.05) is 25.1 Å². The number of nitrogens with one attached hydrogen (secondary N) is 2. The molecule has 1 aliphatic heterocycles. The van der Waals surface area contributed by atoms with E-state index >= 15 is 0 Å². The first-order valence-corrected chi connectivity index (χ1v) is 11.4. The van der Waals surface area contributed by atoms with Crippen LogP contribution in [0.1, 0.15) is 62.4 Å². The number of hydrazone groups is 1. The molecule has 0 bridgehead atoms. The van der Waals surface area contributed by atoms with Crippen LogP contribution in [0.3, 0.4) is 0 Å². The molecular formula is C26H32N4O2. The lowest BCUT2D eigenvalue weighted by atomic mass is 10.1. The lowest BCUT2D eigenvalue weighted by Crippen LogP contribution is -2.25. The Balaban J connectivity index is 1.64. The molecule has 0 aromatic heterocycles. The molecule has 0 saturated heterocycles. The Kier molecular flexibility index (Phi) is 8.20. The zero-order chi connectivity index (χ0) is 22.9. The van der Waals surface area contributed by atoms with Gasteiger partial charge in [0.2, 0.25) is 0 Å². The highest BCUT2D eigenvalue weighted by Crippen LogP contribution is 2.24. The summed E-state index contributed by atoms with van der Waals surface area (Å²) in [5.41, 5.74) is 4.53. The maximum Gasteiger partial charge on any atom is 0.282 e. The van der Waals surface area contributed by atoms with Gasteiger partial charge < -0.3 is 10.6 Å². The number of carbonyl (C=O) groups is 2. The van der Waals surface area contributed by atoms with Crippen molar-refractivity contribution in [3.05, 3.63) is 71.4 Å². The lowest BCUT2D eigenvalue weighted by Gasteiger charge is -2.13. The number of unbranched alkanes of at least 4 members (excludes halogenated alkanes) is 3. The lowest BCUT2D eigenvalue weighted by molar-refractivity contribution is -0.114. The topological polar surface area (TPSA) is 73.8 Å². The van der Waals surface area contributed by atoms with Gasteiger partial charge in [0.25, 0.3) is 11.8 Å². The summed E-state index contributed by atoms with van der Waals surface area (Å²) in [6.07, 6.45) is 7.09. The Morgan fingerprint density at radius 1 is 1.03 bits per heavy atom. The summed E-state index contributed by atoms with van der Waals surface area (Å²) < 4.78 is 0. The van der Waals surface area contributed by atoms with Crippen LogP contribution in [-0.2, 0) is 11.2 Å². The van der Waals surface area contributed by atoms with Crippen LogP contribution in [0.25, 0.3) is 0 Å². The van der Waals surface area contributed by atoms with Crippen LogP contribution >= 0.6 is 0 Å². The number of amides is 2. The van der Waals surface area contributed by atoms with Gasteiger partial charge in [0.1, 0.15) is 0 Å². The molecule has 3 rings (SSSR count). The van der Waals surface area contributed by atoms with Gasteiger partial charge in [-0.15, -0.1) is 0 Å². The molecule has 0 fully saturated rings. The molecule has 6 nitrogen and oxygen atoms in total. The Bertz CT molecular complexity index is 1010. The molecule has 0 radical (unpaired) electrons. The maximum atomic E-state index is 13.0. The van der Waals surface area contributed by atoms with Crippen LogP contribution in [0.4, 0.5) is 11.4 Å². The Labute approximate surface area is 190 Å².